The van der Waals surface area contributed by atoms with Crippen molar-refractivity contribution in [2.75, 3.05) is 14.2 Å². The largest absolute Gasteiger partial charge is 0.507 e. The van der Waals surface area contributed by atoms with E-state index < -0.39 is 0 Å². The maximum atomic E-state index is 10.5. The highest BCUT2D eigenvalue weighted by Gasteiger charge is 2.34. The van der Waals surface area contributed by atoms with Crippen molar-refractivity contribution in [1.82, 2.24) is 14.7 Å². The molecule has 5 aromatic rings. The Morgan fingerprint density at radius 1 is 0.897 bits per heavy atom. The van der Waals surface area contributed by atoms with Crippen LogP contribution in [0, 0.1) is 20.8 Å². The van der Waals surface area contributed by atoms with Crippen LogP contribution in [0.2, 0.25) is 0 Å². The van der Waals surface area contributed by atoms with Gasteiger partial charge in [0.05, 0.1) is 25.5 Å². The fourth-order valence-electron chi connectivity index (χ4n) is 5.93. The number of methoxy groups -OCH3 is 2. The van der Waals surface area contributed by atoms with Crippen molar-refractivity contribution in [2.45, 2.75) is 40.2 Å². The molecule has 0 fully saturated rings. The minimum Gasteiger partial charge on any atom is -0.507 e. The molecule has 198 valence electrons. The molecule has 0 bridgehead atoms. The Hall–Kier alpha value is -4.52. The van der Waals surface area contributed by atoms with Gasteiger partial charge >= 0.3 is 0 Å². The number of ether oxygens (including phenoxy) is 2. The smallest absolute Gasteiger partial charge is 0.261 e. The summed E-state index contributed by atoms with van der Waals surface area (Å²) in [5.41, 5.74) is 9.69. The lowest BCUT2D eigenvalue weighted by molar-refractivity contribution is 0.354. The van der Waals surface area contributed by atoms with Gasteiger partial charge in [-0.25, -0.2) is 0 Å². The number of hydrogen-bond acceptors (Lipinski definition) is 6. The Bertz CT molecular complexity index is 1690. The Morgan fingerprint density at radius 3 is 2.23 bits per heavy atom. The zero-order valence-electron chi connectivity index (χ0n) is 23.0. The number of nitrogens with zero attached hydrogens (tertiary/aromatic N) is 3. The number of phenolic OH excluding ortho intramolecular Hbond substituents is 1. The predicted octanol–water partition coefficient (Wildman–Crippen LogP) is 7.30. The zero-order chi connectivity index (χ0) is 27.4. The lowest BCUT2D eigenvalue weighted by Gasteiger charge is -2.28. The van der Waals surface area contributed by atoms with Crippen molar-refractivity contribution >= 4 is 0 Å². The van der Waals surface area contributed by atoms with Crippen LogP contribution in [0.3, 0.4) is 0 Å². The second kappa shape index (κ2) is 9.34. The molecule has 3 heterocycles. The molecule has 0 amide bonds. The van der Waals surface area contributed by atoms with Gasteiger partial charge in [0.1, 0.15) is 5.75 Å². The van der Waals surface area contributed by atoms with Crippen molar-refractivity contribution in [3.8, 4) is 62.5 Å². The number of aromatic hydroxyl groups is 1. The first-order chi connectivity index (χ1) is 18.8. The highest BCUT2D eigenvalue weighted by molar-refractivity contribution is 5.95. The third-order valence-electron chi connectivity index (χ3n) is 7.72. The van der Waals surface area contributed by atoms with E-state index in [1.54, 1.807) is 14.2 Å². The maximum absolute atomic E-state index is 10.5. The van der Waals surface area contributed by atoms with Crippen LogP contribution >= 0.6 is 0 Å². The summed E-state index contributed by atoms with van der Waals surface area (Å²) in [4.78, 5) is 4.90. The van der Waals surface area contributed by atoms with Gasteiger partial charge in [-0.1, -0.05) is 35.5 Å². The number of aryl methyl sites for hydroxylation is 2. The van der Waals surface area contributed by atoms with Crippen LogP contribution in [0.4, 0.5) is 0 Å². The Balaban J connectivity index is 1.69. The summed E-state index contributed by atoms with van der Waals surface area (Å²) < 4.78 is 19.7. The van der Waals surface area contributed by atoms with Gasteiger partial charge in [-0.2, -0.15) is 4.98 Å². The van der Waals surface area contributed by atoms with Crippen LogP contribution in [0.1, 0.15) is 35.3 Å². The van der Waals surface area contributed by atoms with E-state index in [0.29, 0.717) is 29.0 Å². The summed E-state index contributed by atoms with van der Waals surface area (Å²) in [6.45, 7) is 8.20. The van der Waals surface area contributed by atoms with Crippen LogP contribution < -0.4 is 9.47 Å². The summed E-state index contributed by atoms with van der Waals surface area (Å²) in [5.74, 6) is 2.65. The van der Waals surface area contributed by atoms with Crippen molar-refractivity contribution in [3.63, 3.8) is 0 Å². The summed E-state index contributed by atoms with van der Waals surface area (Å²) in [7, 11) is 3.31. The molecule has 0 saturated carbocycles. The second-order valence-corrected chi connectivity index (χ2v) is 10.2. The molecule has 1 aliphatic heterocycles. The first-order valence-corrected chi connectivity index (χ1v) is 13.0. The summed E-state index contributed by atoms with van der Waals surface area (Å²) >= 11 is 0. The number of fused-ring (bicyclic) bond motifs is 3. The summed E-state index contributed by atoms with van der Waals surface area (Å²) in [5, 5.41) is 14.9. The van der Waals surface area contributed by atoms with Crippen LogP contribution in [-0.2, 0) is 6.42 Å². The van der Waals surface area contributed by atoms with Gasteiger partial charge in [-0.05, 0) is 80.6 Å². The highest BCUT2D eigenvalue weighted by atomic mass is 16.5. The molecule has 7 heteroatoms. The Morgan fingerprint density at radius 2 is 1.56 bits per heavy atom. The van der Waals surface area contributed by atoms with Gasteiger partial charge in [-0.3, -0.25) is 0 Å². The Kier molecular flexibility index (Phi) is 5.94. The van der Waals surface area contributed by atoms with Gasteiger partial charge < -0.3 is 23.7 Å². The summed E-state index contributed by atoms with van der Waals surface area (Å²) in [6.07, 6.45) is 0.837. The lowest BCUT2D eigenvalue weighted by atomic mass is 9.90. The minimum atomic E-state index is 0.175. The fourth-order valence-corrected chi connectivity index (χ4v) is 5.93. The molecule has 39 heavy (non-hydrogen) atoms. The third-order valence-corrected chi connectivity index (χ3v) is 7.72. The SMILES string of the molecule is COc1cc2c(cc1OC)-c1c(-c3nc(-c4ccccc4)no3)c(-c3cc(C)c(O)c(C)c3)c(C)n1C(C)C2. The third kappa shape index (κ3) is 3.88. The first-order valence-electron chi connectivity index (χ1n) is 13.0. The minimum absolute atomic E-state index is 0.175. The lowest BCUT2D eigenvalue weighted by Crippen LogP contribution is -2.17. The maximum Gasteiger partial charge on any atom is 0.261 e. The fraction of sp³-hybridized carbons (Fsp3) is 0.250. The van der Waals surface area contributed by atoms with E-state index in [9.17, 15) is 5.11 Å². The number of rotatable bonds is 5. The molecule has 0 spiro atoms. The molecule has 1 aliphatic rings. The normalized spacial score (nSPS) is 14.2. The molecule has 6 rings (SSSR count). The van der Waals surface area contributed by atoms with Gasteiger partial charge in [-0.15, -0.1) is 0 Å². The van der Waals surface area contributed by atoms with Crippen molar-refractivity contribution < 1.29 is 19.1 Å². The molecule has 1 N–H and O–H groups in total. The molecule has 1 atom stereocenters. The molecular formula is C32H31N3O4. The van der Waals surface area contributed by atoms with E-state index in [2.05, 4.69) is 29.6 Å². The van der Waals surface area contributed by atoms with E-state index in [-0.39, 0.29) is 6.04 Å². The highest BCUT2D eigenvalue weighted by Crippen LogP contribution is 2.51. The average Bonchev–Trinajstić information content (AvgIpc) is 3.54. The van der Waals surface area contributed by atoms with Gasteiger partial charge in [0.2, 0.25) is 5.82 Å². The number of hydrogen-bond donors (Lipinski definition) is 1. The molecule has 3 aromatic carbocycles. The van der Waals surface area contributed by atoms with Gasteiger partial charge in [0, 0.05) is 28.4 Å². The number of benzene rings is 3. The standard InChI is InChI=1S/C32H31N3O4/c1-17-12-23(13-18(2)30(17)36)27-20(4)35-19(3)14-22-15-25(37-5)26(38-6)16-24(22)29(35)28(27)32-33-31(34-39-32)21-10-8-7-9-11-21/h7-13,15-16,19,36H,14H2,1-6H3. The van der Waals surface area contributed by atoms with Crippen LogP contribution in [0.25, 0.3) is 45.2 Å². The van der Waals surface area contributed by atoms with Gasteiger partial charge in [0.25, 0.3) is 5.89 Å². The monoisotopic (exact) mass is 521 g/mol. The van der Waals surface area contributed by atoms with Crippen molar-refractivity contribution in [2.24, 2.45) is 0 Å². The van der Waals surface area contributed by atoms with Crippen LogP contribution in [0.5, 0.6) is 17.2 Å². The van der Waals surface area contributed by atoms with E-state index in [0.717, 1.165) is 56.8 Å². The molecule has 0 aliphatic carbocycles. The molecule has 7 nitrogen and oxygen atoms in total. The second-order valence-electron chi connectivity index (χ2n) is 10.2. The van der Waals surface area contributed by atoms with E-state index in [4.69, 9.17) is 19.0 Å². The van der Waals surface area contributed by atoms with Crippen molar-refractivity contribution in [1.29, 1.82) is 0 Å². The van der Waals surface area contributed by atoms with Crippen LogP contribution in [0.15, 0.2) is 59.1 Å². The molecule has 1 unspecified atom stereocenters. The topological polar surface area (TPSA) is 82.5 Å². The molecular weight excluding hydrogens is 490 g/mol. The summed E-state index contributed by atoms with van der Waals surface area (Å²) in [6, 6.07) is 18.2. The van der Waals surface area contributed by atoms with Crippen molar-refractivity contribution in [3.05, 3.63) is 77.0 Å². The first kappa shape index (κ1) is 24.8. The predicted molar refractivity (Wildman–Crippen MR) is 151 cm³/mol. The Labute approximate surface area is 227 Å². The van der Waals surface area contributed by atoms with E-state index >= 15 is 0 Å². The molecule has 2 aromatic heterocycles. The average molecular weight is 522 g/mol. The number of aromatic nitrogens is 3. The molecule has 0 saturated heterocycles. The molecule has 0 radical (unpaired) electrons. The quantitative estimate of drug-likeness (QED) is 0.261. The van der Waals surface area contributed by atoms with E-state index in [1.807, 2.05) is 62.4 Å². The van der Waals surface area contributed by atoms with Gasteiger partial charge in [0.15, 0.2) is 11.5 Å². The van der Waals surface area contributed by atoms with E-state index in [1.165, 1.54) is 5.56 Å². The number of phenols is 1. The van der Waals surface area contributed by atoms with Crippen LogP contribution in [-0.4, -0.2) is 34.0 Å². The zero-order valence-corrected chi connectivity index (χ0v) is 23.0.